The van der Waals surface area contributed by atoms with Crippen LogP contribution in [-0.4, -0.2) is 17.8 Å². The topological polar surface area (TPSA) is 58.9 Å². The lowest BCUT2D eigenvalue weighted by atomic mass is 9.73. The summed E-state index contributed by atoms with van der Waals surface area (Å²) in [7, 11) is 0. The lowest BCUT2D eigenvalue weighted by Gasteiger charge is -2.33. The molecule has 2 aliphatic rings. The van der Waals surface area contributed by atoms with Gasteiger partial charge < -0.3 is 0 Å². The molecule has 0 saturated heterocycles. The largest absolute Gasteiger partial charge is 0.237 e. The Labute approximate surface area is 103 Å². The molecule has 0 aromatic heterocycles. The number of carbonyl (C=O) groups excluding carboxylic acids is 2. The molecule has 0 N–H and O–H groups in total. The van der Waals surface area contributed by atoms with E-state index in [1.54, 1.807) is 6.08 Å². The van der Waals surface area contributed by atoms with Crippen molar-refractivity contribution in [2.45, 2.75) is 12.1 Å². The van der Waals surface area contributed by atoms with E-state index < -0.39 is 5.66 Å². The molecule has 0 atom stereocenters. The molecule has 0 radical (unpaired) electrons. The van der Waals surface area contributed by atoms with Gasteiger partial charge in [0.05, 0.1) is 0 Å². The first-order chi connectivity index (χ1) is 8.79. The molecular formula is C14H8N2O2. The fraction of sp³-hybridized carbons (Fsp3) is 0.143. The van der Waals surface area contributed by atoms with Crippen LogP contribution in [0.25, 0.3) is 11.1 Å². The van der Waals surface area contributed by atoms with E-state index in [0.29, 0.717) is 6.42 Å². The summed E-state index contributed by atoms with van der Waals surface area (Å²) in [5.74, 6) is 0. The van der Waals surface area contributed by atoms with E-state index in [1.807, 2.05) is 30.3 Å². The highest BCUT2D eigenvalue weighted by Crippen LogP contribution is 2.49. The summed E-state index contributed by atoms with van der Waals surface area (Å²) < 4.78 is 0. The van der Waals surface area contributed by atoms with Crippen molar-refractivity contribution in [1.29, 1.82) is 0 Å². The monoisotopic (exact) mass is 236 g/mol. The number of aliphatic imine (C=N–C) groups is 2. The van der Waals surface area contributed by atoms with Gasteiger partial charge in [-0.25, -0.2) is 9.59 Å². The highest BCUT2D eigenvalue weighted by Gasteiger charge is 2.37. The van der Waals surface area contributed by atoms with Crippen molar-refractivity contribution in [3.63, 3.8) is 0 Å². The van der Waals surface area contributed by atoms with E-state index in [1.165, 1.54) is 17.7 Å². The molecule has 0 fully saturated rings. The quantitative estimate of drug-likeness (QED) is 0.584. The van der Waals surface area contributed by atoms with Crippen LogP contribution in [0, 0.1) is 0 Å². The van der Waals surface area contributed by atoms with Gasteiger partial charge in [-0.05, 0) is 28.3 Å². The number of rotatable bonds is 2. The molecule has 0 saturated carbocycles. The Bertz CT molecular complexity index is 670. The molecule has 2 aliphatic carbocycles. The number of nitrogens with zero attached hydrogens (tertiary/aromatic N) is 2. The number of allylic oxidation sites excluding steroid dienone is 2. The van der Waals surface area contributed by atoms with Gasteiger partial charge in [-0.2, -0.15) is 9.98 Å². The number of fused-ring (bicyclic) bond motifs is 3. The van der Waals surface area contributed by atoms with Crippen molar-refractivity contribution in [1.82, 2.24) is 0 Å². The SMILES string of the molecule is O=C=NC1(N=C=O)C=CC2=C(C1)c1ccccc12. The van der Waals surface area contributed by atoms with Gasteiger partial charge in [0.2, 0.25) is 12.2 Å². The summed E-state index contributed by atoms with van der Waals surface area (Å²) >= 11 is 0. The average molecular weight is 236 g/mol. The van der Waals surface area contributed by atoms with E-state index in [4.69, 9.17) is 0 Å². The molecule has 1 aromatic carbocycles. The van der Waals surface area contributed by atoms with Crippen LogP contribution in [0.5, 0.6) is 0 Å². The molecule has 0 amide bonds. The summed E-state index contributed by atoms with van der Waals surface area (Å²) in [5, 5.41) is 0. The van der Waals surface area contributed by atoms with Gasteiger partial charge in [-0.3, -0.25) is 0 Å². The summed E-state index contributed by atoms with van der Waals surface area (Å²) in [4.78, 5) is 28.2. The highest BCUT2D eigenvalue weighted by atomic mass is 16.1. The van der Waals surface area contributed by atoms with Crippen LogP contribution < -0.4 is 0 Å². The third-order valence-electron chi connectivity index (χ3n) is 3.30. The molecule has 0 spiro atoms. The van der Waals surface area contributed by atoms with E-state index in [-0.39, 0.29) is 0 Å². The van der Waals surface area contributed by atoms with Crippen LogP contribution in [0.2, 0.25) is 0 Å². The summed E-state index contributed by atoms with van der Waals surface area (Å²) in [6, 6.07) is 7.98. The van der Waals surface area contributed by atoms with E-state index >= 15 is 0 Å². The molecule has 86 valence electrons. The highest BCUT2D eigenvalue weighted by molar-refractivity contribution is 6.09. The van der Waals surface area contributed by atoms with Crippen LogP contribution in [-0.2, 0) is 9.59 Å². The molecular weight excluding hydrogens is 228 g/mol. The first-order valence-electron chi connectivity index (χ1n) is 5.50. The van der Waals surface area contributed by atoms with Crippen molar-refractivity contribution in [2.24, 2.45) is 9.98 Å². The molecule has 3 rings (SSSR count). The van der Waals surface area contributed by atoms with E-state index in [2.05, 4.69) is 9.98 Å². The van der Waals surface area contributed by atoms with Crippen LogP contribution in [0.15, 0.2) is 46.4 Å². The number of hydrogen-bond donors (Lipinski definition) is 0. The van der Waals surface area contributed by atoms with Crippen molar-refractivity contribution in [3.8, 4) is 0 Å². The van der Waals surface area contributed by atoms with E-state index in [9.17, 15) is 9.59 Å². The third-order valence-corrected chi connectivity index (χ3v) is 3.30. The minimum Gasteiger partial charge on any atom is -0.211 e. The normalized spacial score (nSPS) is 23.1. The van der Waals surface area contributed by atoms with Crippen molar-refractivity contribution < 1.29 is 9.59 Å². The summed E-state index contributed by atoms with van der Waals surface area (Å²) in [6.07, 6.45) is 6.85. The molecule has 0 bridgehead atoms. The van der Waals surface area contributed by atoms with Crippen LogP contribution in [0.3, 0.4) is 0 Å². The maximum absolute atomic E-state index is 10.5. The van der Waals surface area contributed by atoms with Gasteiger partial charge in [-0.1, -0.05) is 30.3 Å². The van der Waals surface area contributed by atoms with Crippen LogP contribution in [0.4, 0.5) is 0 Å². The predicted molar refractivity (Wildman–Crippen MR) is 66.0 cm³/mol. The predicted octanol–water partition coefficient (Wildman–Crippen LogP) is 2.24. The molecule has 0 unspecified atom stereocenters. The van der Waals surface area contributed by atoms with Crippen molar-refractivity contribution in [2.75, 3.05) is 0 Å². The second-order valence-electron chi connectivity index (χ2n) is 4.23. The lowest BCUT2D eigenvalue weighted by Crippen LogP contribution is -2.26. The van der Waals surface area contributed by atoms with Crippen molar-refractivity contribution in [3.05, 3.63) is 47.5 Å². The minimum atomic E-state index is -1.16. The Morgan fingerprint density at radius 2 is 1.72 bits per heavy atom. The first-order valence-corrected chi connectivity index (χ1v) is 5.50. The maximum atomic E-state index is 10.5. The van der Waals surface area contributed by atoms with Gasteiger partial charge >= 0.3 is 0 Å². The fourth-order valence-electron chi connectivity index (χ4n) is 2.48. The van der Waals surface area contributed by atoms with Gasteiger partial charge in [0.25, 0.3) is 0 Å². The zero-order valence-corrected chi connectivity index (χ0v) is 9.38. The van der Waals surface area contributed by atoms with Gasteiger partial charge in [0.15, 0.2) is 5.66 Å². The second-order valence-corrected chi connectivity index (χ2v) is 4.23. The Morgan fingerprint density at radius 1 is 1.06 bits per heavy atom. The standard InChI is InChI=1S/C14H8N2O2/c17-8-15-14(16-9-18)6-5-12-10-3-1-2-4-11(10)13(12)7-14/h1-6H,7H2. The zero-order chi connectivity index (χ0) is 12.6. The van der Waals surface area contributed by atoms with Crippen LogP contribution in [0.1, 0.15) is 17.5 Å². The van der Waals surface area contributed by atoms with Gasteiger partial charge in [0.1, 0.15) is 0 Å². The van der Waals surface area contributed by atoms with E-state index in [0.717, 1.165) is 16.7 Å². The van der Waals surface area contributed by atoms with Gasteiger partial charge in [-0.15, -0.1) is 0 Å². The maximum Gasteiger partial charge on any atom is 0.237 e. The van der Waals surface area contributed by atoms with Crippen molar-refractivity contribution >= 4 is 23.3 Å². The summed E-state index contributed by atoms with van der Waals surface area (Å²) in [6.45, 7) is 0. The first kappa shape index (κ1) is 10.6. The average Bonchev–Trinajstić information content (AvgIpc) is 2.37. The Morgan fingerprint density at radius 3 is 2.39 bits per heavy atom. The number of isocyanates is 2. The third kappa shape index (κ3) is 1.34. The smallest absolute Gasteiger partial charge is 0.211 e. The molecule has 0 aliphatic heterocycles. The molecule has 4 nitrogen and oxygen atoms in total. The molecule has 1 aromatic rings. The molecule has 0 heterocycles. The Balaban J connectivity index is 2.05. The summed E-state index contributed by atoms with van der Waals surface area (Å²) in [5.41, 5.74) is 3.36. The Hall–Kier alpha value is -2.54. The molecule has 18 heavy (non-hydrogen) atoms. The van der Waals surface area contributed by atoms with Gasteiger partial charge in [0, 0.05) is 6.42 Å². The molecule has 4 heteroatoms. The number of hydrogen-bond acceptors (Lipinski definition) is 4. The fourth-order valence-corrected chi connectivity index (χ4v) is 2.48. The second kappa shape index (κ2) is 3.74. The number of benzene rings is 1. The minimum absolute atomic E-state index is 0.403. The Kier molecular flexibility index (Phi) is 2.20. The van der Waals surface area contributed by atoms with Crippen LogP contribution >= 0.6 is 0 Å². The zero-order valence-electron chi connectivity index (χ0n) is 9.38. The lowest BCUT2D eigenvalue weighted by molar-refractivity contribution is 0.517.